The summed E-state index contributed by atoms with van der Waals surface area (Å²) in [5.41, 5.74) is 8.11. The fraction of sp³-hybridized carbons (Fsp3) is 0.0345. The van der Waals surface area contributed by atoms with Crippen LogP contribution in [0.25, 0.3) is 44.3 Å². The molecule has 0 aliphatic rings. The number of fused-ring (bicyclic) bond motifs is 2. The minimum Gasteiger partial charge on any atom is -0.355 e. The van der Waals surface area contributed by atoms with E-state index in [0.29, 0.717) is 0 Å². The monoisotopic (exact) mass is 488 g/mol. The number of aromatic nitrogens is 2. The van der Waals surface area contributed by atoms with Gasteiger partial charge >= 0.3 is 0 Å². The van der Waals surface area contributed by atoms with Crippen LogP contribution in [0.3, 0.4) is 0 Å². The molecule has 8 heteroatoms. The van der Waals surface area contributed by atoms with E-state index in [4.69, 9.17) is 0 Å². The Balaban J connectivity index is 1.24. The maximum Gasteiger partial charge on any atom is 0.269 e. The summed E-state index contributed by atoms with van der Waals surface area (Å²) in [5, 5.41) is 24.0. The Morgan fingerprint density at radius 1 is 0.541 bits per heavy atom. The zero-order chi connectivity index (χ0) is 25.5. The first kappa shape index (κ1) is 22.2. The predicted molar refractivity (Wildman–Crippen MR) is 144 cm³/mol. The minimum atomic E-state index is -0.400. The standard InChI is InChI=1S/C29H20N4O4/c34-32(35)24-7-3-20(4-8-24)28-16-22-14-18(1-11-26(22)30-28)13-19-2-12-27-23(15-19)17-29(31-27)21-5-9-25(10-6-21)33(36)37/h1-12,14-17,30-31H,13H2. The lowest BCUT2D eigenvalue weighted by Gasteiger charge is -2.03. The van der Waals surface area contributed by atoms with Crippen molar-refractivity contribution < 1.29 is 9.85 Å². The number of nitro groups is 2. The van der Waals surface area contributed by atoms with E-state index in [9.17, 15) is 20.2 Å². The first-order valence-electron chi connectivity index (χ1n) is 11.7. The van der Waals surface area contributed by atoms with Crippen molar-refractivity contribution in [3.63, 3.8) is 0 Å². The quantitative estimate of drug-likeness (QED) is 0.188. The molecule has 6 rings (SSSR count). The zero-order valence-corrected chi connectivity index (χ0v) is 19.5. The molecule has 37 heavy (non-hydrogen) atoms. The number of nitro benzene ring substituents is 2. The van der Waals surface area contributed by atoms with Crippen molar-refractivity contribution in [2.75, 3.05) is 0 Å². The molecule has 0 aliphatic carbocycles. The average molecular weight is 489 g/mol. The lowest BCUT2D eigenvalue weighted by molar-refractivity contribution is -0.385. The van der Waals surface area contributed by atoms with Gasteiger partial charge in [-0.25, -0.2) is 0 Å². The Morgan fingerprint density at radius 3 is 1.32 bits per heavy atom. The maximum absolute atomic E-state index is 10.9. The molecule has 0 radical (unpaired) electrons. The van der Waals surface area contributed by atoms with Crippen LogP contribution in [-0.2, 0) is 6.42 Å². The highest BCUT2D eigenvalue weighted by molar-refractivity contribution is 5.88. The van der Waals surface area contributed by atoms with E-state index in [0.717, 1.165) is 50.7 Å². The molecule has 8 nitrogen and oxygen atoms in total. The van der Waals surface area contributed by atoms with Crippen LogP contribution in [0.1, 0.15) is 11.1 Å². The van der Waals surface area contributed by atoms with E-state index < -0.39 is 9.85 Å². The van der Waals surface area contributed by atoms with Crippen LogP contribution >= 0.6 is 0 Å². The van der Waals surface area contributed by atoms with Gasteiger partial charge in [0, 0.05) is 57.5 Å². The van der Waals surface area contributed by atoms with Gasteiger partial charge in [0.15, 0.2) is 0 Å². The summed E-state index contributed by atoms with van der Waals surface area (Å²) in [4.78, 5) is 27.8. The highest BCUT2D eigenvalue weighted by Crippen LogP contribution is 2.29. The molecule has 2 heterocycles. The number of hydrogen-bond acceptors (Lipinski definition) is 4. The van der Waals surface area contributed by atoms with Gasteiger partial charge in [-0.05, 0) is 89.3 Å². The van der Waals surface area contributed by atoms with Gasteiger partial charge in [-0.2, -0.15) is 0 Å². The van der Waals surface area contributed by atoms with E-state index in [1.54, 1.807) is 24.3 Å². The molecule has 0 unspecified atom stereocenters. The molecule has 0 amide bonds. The van der Waals surface area contributed by atoms with Crippen LogP contribution in [0.5, 0.6) is 0 Å². The van der Waals surface area contributed by atoms with Crippen molar-refractivity contribution >= 4 is 33.2 Å². The van der Waals surface area contributed by atoms with E-state index >= 15 is 0 Å². The lowest BCUT2D eigenvalue weighted by atomic mass is 10.0. The Morgan fingerprint density at radius 2 is 0.946 bits per heavy atom. The third-order valence-electron chi connectivity index (χ3n) is 6.56. The predicted octanol–water partition coefficient (Wildman–Crippen LogP) is 7.39. The van der Waals surface area contributed by atoms with Gasteiger partial charge in [0.2, 0.25) is 0 Å². The molecule has 0 saturated carbocycles. The molecule has 0 aliphatic heterocycles. The van der Waals surface area contributed by atoms with Crippen molar-refractivity contribution in [1.29, 1.82) is 0 Å². The van der Waals surface area contributed by atoms with Gasteiger partial charge in [-0.15, -0.1) is 0 Å². The highest BCUT2D eigenvalue weighted by Gasteiger charge is 2.10. The Kier molecular flexibility index (Phi) is 5.27. The van der Waals surface area contributed by atoms with Crippen molar-refractivity contribution in [3.8, 4) is 22.5 Å². The largest absolute Gasteiger partial charge is 0.355 e. The molecule has 2 aromatic heterocycles. The van der Waals surface area contributed by atoms with Crippen molar-refractivity contribution in [3.05, 3.63) is 128 Å². The third kappa shape index (κ3) is 4.32. The van der Waals surface area contributed by atoms with Crippen LogP contribution < -0.4 is 0 Å². The highest BCUT2D eigenvalue weighted by atomic mass is 16.6. The molecular formula is C29H20N4O4. The van der Waals surface area contributed by atoms with Gasteiger partial charge in [-0.3, -0.25) is 20.2 Å². The molecule has 0 fully saturated rings. The molecule has 0 atom stereocenters. The third-order valence-corrected chi connectivity index (χ3v) is 6.56. The average Bonchev–Trinajstić information content (AvgIpc) is 3.52. The number of nitrogens with one attached hydrogen (secondary N) is 2. The summed E-state index contributed by atoms with van der Waals surface area (Å²) in [6.45, 7) is 0. The van der Waals surface area contributed by atoms with Crippen LogP contribution in [0.15, 0.2) is 97.1 Å². The second-order valence-corrected chi connectivity index (χ2v) is 8.99. The molecule has 2 N–H and O–H groups in total. The zero-order valence-electron chi connectivity index (χ0n) is 19.5. The second-order valence-electron chi connectivity index (χ2n) is 8.99. The first-order chi connectivity index (χ1) is 17.9. The molecule has 180 valence electrons. The first-order valence-corrected chi connectivity index (χ1v) is 11.7. The Bertz CT molecular complexity index is 1670. The topological polar surface area (TPSA) is 118 Å². The lowest BCUT2D eigenvalue weighted by Crippen LogP contribution is -1.87. The summed E-state index contributed by atoms with van der Waals surface area (Å²) in [6, 6.07) is 29.8. The van der Waals surface area contributed by atoms with Crippen molar-refractivity contribution in [2.45, 2.75) is 6.42 Å². The van der Waals surface area contributed by atoms with Gasteiger partial charge < -0.3 is 9.97 Å². The number of aromatic amines is 2. The number of rotatable bonds is 6. The number of H-pyrrole nitrogens is 2. The van der Waals surface area contributed by atoms with Crippen LogP contribution in [-0.4, -0.2) is 19.8 Å². The van der Waals surface area contributed by atoms with Crippen LogP contribution in [0.4, 0.5) is 11.4 Å². The Hall–Kier alpha value is -5.24. The molecule has 4 aromatic carbocycles. The van der Waals surface area contributed by atoms with Crippen molar-refractivity contribution in [2.24, 2.45) is 0 Å². The normalized spacial score (nSPS) is 11.2. The molecule has 0 bridgehead atoms. The number of nitrogens with zero attached hydrogens (tertiary/aromatic N) is 2. The summed E-state index contributed by atoms with van der Waals surface area (Å²) in [6.07, 6.45) is 0.766. The fourth-order valence-electron chi connectivity index (χ4n) is 4.66. The summed E-state index contributed by atoms with van der Waals surface area (Å²) in [7, 11) is 0. The van der Waals surface area contributed by atoms with Gasteiger partial charge in [0.25, 0.3) is 11.4 Å². The van der Waals surface area contributed by atoms with Gasteiger partial charge in [-0.1, -0.05) is 12.1 Å². The summed E-state index contributed by atoms with van der Waals surface area (Å²) >= 11 is 0. The summed E-state index contributed by atoms with van der Waals surface area (Å²) < 4.78 is 0. The van der Waals surface area contributed by atoms with E-state index in [1.807, 2.05) is 0 Å². The summed E-state index contributed by atoms with van der Waals surface area (Å²) in [5.74, 6) is 0. The molecular weight excluding hydrogens is 468 g/mol. The Labute approximate surface area is 210 Å². The van der Waals surface area contributed by atoms with Crippen LogP contribution in [0.2, 0.25) is 0 Å². The van der Waals surface area contributed by atoms with Crippen molar-refractivity contribution in [1.82, 2.24) is 9.97 Å². The number of benzene rings is 4. The maximum atomic E-state index is 10.9. The van der Waals surface area contributed by atoms with Gasteiger partial charge in [0.1, 0.15) is 0 Å². The smallest absolute Gasteiger partial charge is 0.269 e. The fourth-order valence-corrected chi connectivity index (χ4v) is 4.66. The second kappa shape index (κ2) is 8.76. The van der Waals surface area contributed by atoms with E-state index in [1.165, 1.54) is 35.4 Å². The molecule has 0 saturated heterocycles. The van der Waals surface area contributed by atoms with E-state index in [-0.39, 0.29) is 11.4 Å². The minimum absolute atomic E-state index is 0.0707. The molecule has 6 aromatic rings. The van der Waals surface area contributed by atoms with E-state index in [2.05, 4.69) is 58.5 Å². The molecule has 0 spiro atoms. The number of hydrogen-bond donors (Lipinski definition) is 2. The number of non-ortho nitro benzene ring substituents is 2. The SMILES string of the molecule is O=[N+]([O-])c1ccc(-c2cc3cc(Cc4ccc5[nH]c(-c6ccc([N+](=O)[O-])cc6)cc5c4)ccc3[nH]2)cc1. The van der Waals surface area contributed by atoms with Crippen LogP contribution in [0, 0.1) is 20.2 Å². The van der Waals surface area contributed by atoms with Gasteiger partial charge in [0.05, 0.1) is 9.85 Å².